The Morgan fingerprint density at radius 1 is 0.975 bits per heavy atom. The summed E-state index contributed by atoms with van der Waals surface area (Å²) in [5, 5.41) is 0. The maximum atomic E-state index is 13.0. The molecule has 0 aliphatic carbocycles. The smallest absolute Gasteiger partial charge is 0.409 e. The highest BCUT2D eigenvalue weighted by atomic mass is 35.5. The lowest BCUT2D eigenvalue weighted by Gasteiger charge is -2.33. The molecule has 8 nitrogen and oxygen atoms in total. The summed E-state index contributed by atoms with van der Waals surface area (Å²) in [6, 6.07) is 26.2. The molecule has 1 aromatic heterocycles. The van der Waals surface area contributed by atoms with Gasteiger partial charge in [-0.2, -0.15) is 0 Å². The fourth-order valence-electron chi connectivity index (χ4n) is 5.32. The van der Waals surface area contributed by atoms with Crippen LogP contribution in [-0.4, -0.2) is 58.3 Å². The number of imidazole rings is 1. The normalized spacial score (nSPS) is 14.6. The van der Waals surface area contributed by atoms with Gasteiger partial charge in [0.25, 0.3) is 0 Å². The molecular formula is C31H37ClN4O4. The molecule has 5 rings (SSSR count). The lowest BCUT2D eigenvalue weighted by atomic mass is 10.0. The molecular weight excluding hydrogens is 528 g/mol. The van der Waals surface area contributed by atoms with Crippen LogP contribution in [0.3, 0.4) is 0 Å². The van der Waals surface area contributed by atoms with Gasteiger partial charge in [-0.15, -0.1) is 12.4 Å². The summed E-state index contributed by atoms with van der Waals surface area (Å²) in [6.45, 7) is 4.93. The van der Waals surface area contributed by atoms with E-state index in [4.69, 9.17) is 9.47 Å². The monoisotopic (exact) mass is 564 g/mol. The highest BCUT2D eigenvalue weighted by Crippen LogP contribution is 2.25. The minimum absolute atomic E-state index is 0. The van der Waals surface area contributed by atoms with E-state index in [0.29, 0.717) is 32.5 Å². The van der Waals surface area contributed by atoms with Crippen molar-refractivity contribution in [3.05, 3.63) is 100 Å². The number of para-hydroxylation sites is 2. The number of aromatic amines is 1. The molecule has 0 saturated carbocycles. The number of H-pyrrole nitrogens is 1. The summed E-state index contributed by atoms with van der Waals surface area (Å²) < 4.78 is 13.0. The second kappa shape index (κ2) is 13.5. The number of benzene rings is 3. The van der Waals surface area contributed by atoms with Gasteiger partial charge in [-0.1, -0.05) is 54.6 Å². The number of halogens is 1. The molecule has 4 aromatic rings. The van der Waals surface area contributed by atoms with E-state index >= 15 is 0 Å². The number of carbonyl (C=O) groups is 1. The van der Waals surface area contributed by atoms with E-state index in [1.54, 1.807) is 12.0 Å². The van der Waals surface area contributed by atoms with Crippen LogP contribution in [0.25, 0.3) is 11.0 Å². The Labute approximate surface area is 240 Å². The third-order valence-corrected chi connectivity index (χ3v) is 7.53. The SMILES string of the molecule is COc1cccc(CN(Cc2ccccc2)C(C)COC(=O)N2CCC(n3c(=O)[nH]c4ccccc43)CC2)c1.Cl. The number of nitrogens with zero attached hydrogens (tertiary/aromatic N) is 3. The van der Waals surface area contributed by atoms with Crippen LogP contribution in [0.1, 0.15) is 36.9 Å². The highest BCUT2D eigenvalue weighted by Gasteiger charge is 2.27. The fraction of sp³-hybridized carbons (Fsp3) is 0.355. The number of hydrogen-bond donors (Lipinski definition) is 1. The number of methoxy groups -OCH3 is 1. The molecule has 1 unspecified atom stereocenters. The van der Waals surface area contributed by atoms with Gasteiger partial charge in [-0.05, 0) is 55.2 Å². The van der Waals surface area contributed by atoms with E-state index < -0.39 is 0 Å². The van der Waals surface area contributed by atoms with Gasteiger partial charge in [0, 0.05) is 38.3 Å². The van der Waals surface area contributed by atoms with Crippen LogP contribution in [-0.2, 0) is 17.8 Å². The van der Waals surface area contributed by atoms with Crippen molar-refractivity contribution in [2.75, 3.05) is 26.8 Å². The average molecular weight is 565 g/mol. The molecule has 0 bridgehead atoms. The lowest BCUT2D eigenvalue weighted by molar-refractivity contribution is 0.0567. The van der Waals surface area contributed by atoms with Gasteiger partial charge in [-0.3, -0.25) is 9.47 Å². The van der Waals surface area contributed by atoms with Gasteiger partial charge >= 0.3 is 11.8 Å². The van der Waals surface area contributed by atoms with Crippen molar-refractivity contribution in [3.8, 4) is 5.75 Å². The molecule has 1 aliphatic rings. The second-order valence-electron chi connectivity index (χ2n) is 10.2. The van der Waals surface area contributed by atoms with E-state index in [1.165, 1.54) is 5.56 Å². The molecule has 212 valence electrons. The van der Waals surface area contributed by atoms with Crippen molar-refractivity contribution in [1.82, 2.24) is 19.4 Å². The fourth-order valence-corrected chi connectivity index (χ4v) is 5.32. The van der Waals surface area contributed by atoms with Gasteiger partial charge in [0.2, 0.25) is 0 Å². The molecule has 3 aromatic carbocycles. The van der Waals surface area contributed by atoms with Gasteiger partial charge in [-0.25, -0.2) is 9.59 Å². The molecule has 9 heteroatoms. The Kier molecular flexibility index (Phi) is 9.90. The van der Waals surface area contributed by atoms with Gasteiger partial charge in [0.05, 0.1) is 18.1 Å². The summed E-state index contributed by atoms with van der Waals surface area (Å²) >= 11 is 0. The molecule has 1 aliphatic heterocycles. The Balaban J connectivity index is 0.00000370. The molecule has 1 fully saturated rings. The molecule has 1 amide bonds. The van der Waals surface area contributed by atoms with Crippen molar-refractivity contribution < 1.29 is 14.3 Å². The first kappa shape index (κ1) is 29.2. The number of carbonyl (C=O) groups excluding carboxylic acids is 1. The van der Waals surface area contributed by atoms with Gasteiger partial charge in [0.15, 0.2) is 0 Å². The second-order valence-corrected chi connectivity index (χ2v) is 10.2. The van der Waals surface area contributed by atoms with Crippen molar-refractivity contribution in [2.45, 2.75) is 44.9 Å². The molecule has 1 N–H and O–H groups in total. The molecule has 2 heterocycles. The van der Waals surface area contributed by atoms with Crippen molar-refractivity contribution in [2.24, 2.45) is 0 Å². The predicted molar refractivity (Wildman–Crippen MR) is 159 cm³/mol. The summed E-state index contributed by atoms with van der Waals surface area (Å²) in [5.74, 6) is 0.824. The summed E-state index contributed by atoms with van der Waals surface area (Å²) in [6.07, 6.45) is 1.12. The number of hydrogen-bond acceptors (Lipinski definition) is 5. The molecule has 1 atom stereocenters. The zero-order valence-corrected chi connectivity index (χ0v) is 23.8. The minimum Gasteiger partial charge on any atom is -0.497 e. The Morgan fingerprint density at radius 2 is 1.65 bits per heavy atom. The van der Waals surface area contributed by atoms with Crippen LogP contribution >= 0.6 is 12.4 Å². The van der Waals surface area contributed by atoms with E-state index in [1.807, 2.05) is 65.2 Å². The quantitative estimate of drug-likeness (QED) is 0.285. The number of rotatable bonds is 9. The number of fused-ring (bicyclic) bond motifs is 1. The van der Waals surface area contributed by atoms with Crippen molar-refractivity contribution >= 4 is 29.5 Å². The number of amides is 1. The third kappa shape index (κ3) is 6.87. The van der Waals surface area contributed by atoms with E-state index in [0.717, 1.165) is 28.9 Å². The molecule has 0 radical (unpaired) electrons. The average Bonchev–Trinajstić information content (AvgIpc) is 3.31. The van der Waals surface area contributed by atoms with Crippen LogP contribution in [0.4, 0.5) is 4.79 Å². The van der Waals surface area contributed by atoms with Gasteiger partial charge in [0.1, 0.15) is 12.4 Å². The van der Waals surface area contributed by atoms with Crippen LogP contribution < -0.4 is 10.4 Å². The topological polar surface area (TPSA) is 79.8 Å². The van der Waals surface area contributed by atoms with E-state index in [2.05, 4.69) is 35.0 Å². The largest absolute Gasteiger partial charge is 0.497 e. The highest BCUT2D eigenvalue weighted by molar-refractivity contribution is 5.85. The number of likely N-dealkylation sites (tertiary alicyclic amines) is 1. The van der Waals surface area contributed by atoms with E-state index in [9.17, 15) is 9.59 Å². The third-order valence-electron chi connectivity index (χ3n) is 7.53. The molecule has 1 saturated heterocycles. The van der Waals surface area contributed by atoms with Crippen LogP contribution in [0.15, 0.2) is 83.7 Å². The first-order valence-electron chi connectivity index (χ1n) is 13.5. The standard InChI is InChI=1S/C31H36N4O4.ClH/c1-23(34(20-24-9-4-3-5-10-24)21-25-11-8-12-27(19-25)38-2)22-39-31(37)33-17-15-26(16-18-33)35-29-14-7-6-13-28(29)32-30(35)36;/h3-14,19,23,26H,15-18,20-22H2,1-2H3,(H,32,36);1H. The number of nitrogens with one attached hydrogen (secondary N) is 1. The van der Waals surface area contributed by atoms with Crippen LogP contribution in [0.2, 0.25) is 0 Å². The van der Waals surface area contributed by atoms with Crippen molar-refractivity contribution in [1.29, 1.82) is 0 Å². The molecule has 40 heavy (non-hydrogen) atoms. The number of piperidine rings is 1. The van der Waals surface area contributed by atoms with Crippen LogP contribution in [0.5, 0.6) is 5.75 Å². The lowest BCUT2D eigenvalue weighted by Crippen LogP contribution is -2.42. The summed E-state index contributed by atoms with van der Waals surface area (Å²) in [7, 11) is 1.67. The maximum Gasteiger partial charge on any atom is 0.409 e. The zero-order valence-electron chi connectivity index (χ0n) is 23.0. The number of ether oxygens (including phenoxy) is 2. The zero-order chi connectivity index (χ0) is 27.2. The number of aromatic nitrogens is 2. The Morgan fingerprint density at radius 3 is 2.40 bits per heavy atom. The first-order chi connectivity index (χ1) is 19.0. The van der Waals surface area contributed by atoms with Crippen LogP contribution in [0, 0.1) is 0 Å². The molecule has 0 spiro atoms. The summed E-state index contributed by atoms with van der Waals surface area (Å²) in [5.41, 5.74) is 3.99. The van der Waals surface area contributed by atoms with Gasteiger partial charge < -0.3 is 19.4 Å². The van der Waals surface area contributed by atoms with Crippen molar-refractivity contribution in [3.63, 3.8) is 0 Å². The summed E-state index contributed by atoms with van der Waals surface area (Å²) in [4.78, 5) is 32.6. The first-order valence-corrected chi connectivity index (χ1v) is 13.5. The van der Waals surface area contributed by atoms with E-state index in [-0.39, 0.29) is 42.9 Å². The Hall–Kier alpha value is -3.75. The predicted octanol–water partition coefficient (Wildman–Crippen LogP) is 5.62. The Bertz CT molecular complexity index is 1450. The minimum atomic E-state index is -0.299. The maximum absolute atomic E-state index is 13.0.